The van der Waals surface area contributed by atoms with Crippen LogP contribution in [0.4, 0.5) is 31.1 Å². The molecule has 19 heteroatoms. The number of hydrogen-bond donors (Lipinski definition) is 3. The van der Waals surface area contributed by atoms with Crippen LogP contribution in [0.1, 0.15) is 71.1 Å². The lowest BCUT2D eigenvalue weighted by molar-refractivity contribution is -0.138. The van der Waals surface area contributed by atoms with Crippen molar-refractivity contribution in [2.24, 2.45) is 11.5 Å². The molecule has 5 N–H and O–H groups in total. The summed E-state index contributed by atoms with van der Waals surface area (Å²) in [4.78, 5) is 25.3. The molecule has 0 aliphatic rings. The number of hydrogen-bond acceptors (Lipinski definition) is 12. The standard InChI is InChI=1S/C14H18F3NOS2.C9H20N2O2S2.C8H4F3NO.C6H15N/c15-14(16,17)12-4-1-3-11(9-12)10-13(19)5-2-7-20-21-8-6-18;1-9(2,3)13-8(12)11-5-7-15-14-6-4-10;9-8(10,11)6-2-1-3-7(4-6)13-5-12;1-4-7(5-2)6-3/h1,3-4,9H,2,5-8,10,18H2;4-7,10H2,1-3H3,(H,11,12);1-4H;4-6H2,1-3H3. The van der Waals surface area contributed by atoms with Gasteiger partial charge in [-0.05, 0) is 76.7 Å². The lowest BCUT2D eigenvalue weighted by Crippen LogP contribution is -2.33. The van der Waals surface area contributed by atoms with Crippen LogP contribution in [0.3, 0.4) is 0 Å². The fraction of sp³-hybridized carbons (Fsp3) is 0.595. The van der Waals surface area contributed by atoms with Crippen LogP contribution in [0, 0.1) is 11.5 Å². The van der Waals surface area contributed by atoms with Crippen molar-refractivity contribution in [1.82, 2.24) is 10.2 Å². The number of nitrogens with zero attached hydrogens (tertiary/aromatic N) is 2. The fourth-order valence-electron chi connectivity index (χ4n) is 3.80. The molecule has 0 saturated carbocycles. The van der Waals surface area contributed by atoms with E-state index >= 15 is 0 Å². The quantitative estimate of drug-likeness (QED) is 0.0535. The first-order valence-electron chi connectivity index (χ1n) is 17.8. The number of carbonyl (C=O) groups excluding carboxylic acids is 2. The van der Waals surface area contributed by atoms with Crippen molar-refractivity contribution in [2.75, 3.05) is 62.3 Å². The molecule has 320 valence electrons. The maximum Gasteiger partial charge on any atom is 0.416 e. The van der Waals surface area contributed by atoms with Crippen molar-refractivity contribution in [3.05, 3.63) is 65.2 Å². The molecular formula is C37H57F6N5O4S4. The first-order valence-corrected chi connectivity index (χ1v) is 22.7. The number of ketones is 1. The summed E-state index contributed by atoms with van der Waals surface area (Å²) < 4.78 is 83.2. The first-order chi connectivity index (χ1) is 26.3. The SMILES string of the molecule is CC(C)(C)OC(=O)NCCSSCCN.CCN(CC)CC.N#COc1cccc(C(F)(F)F)c1.NCCSSCCCC(=O)Cc1cccc(C(F)(F)F)c1. The summed E-state index contributed by atoms with van der Waals surface area (Å²) in [6, 6.07) is 9.08. The van der Waals surface area contributed by atoms with Gasteiger partial charge in [0.2, 0.25) is 0 Å². The summed E-state index contributed by atoms with van der Waals surface area (Å²) in [5.41, 5.74) is 9.14. The number of ether oxygens (including phenoxy) is 2. The van der Waals surface area contributed by atoms with Gasteiger partial charge >= 0.3 is 18.4 Å². The second-order valence-corrected chi connectivity index (χ2v) is 17.6. The van der Waals surface area contributed by atoms with Gasteiger partial charge < -0.3 is 31.2 Å². The van der Waals surface area contributed by atoms with Gasteiger partial charge in [0.05, 0.1) is 11.1 Å². The number of rotatable bonds is 19. The lowest BCUT2D eigenvalue weighted by Gasteiger charge is -2.19. The van der Waals surface area contributed by atoms with E-state index < -0.39 is 29.1 Å². The zero-order valence-corrected chi connectivity index (χ0v) is 36.2. The second-order valence-electron chi connectivity index (χ2n) is 12.1. The Bertz CT molecular complexity index is 1370. The summed E-state index contributed by atoms with van der Waals surface area (Å²) in [5, 5.41) is 10.7. The van der Waals surface area contributed by atoms with Crippen molar-refractivity contribution in [2.45, 2.75) is 78.8 Å². The number of carbonyl (C=O) groups is 2. The third-order valence-corrected chi connectivity index (χ3v) is 11.4. The summed E-state index contributed by atoms with van der Waals surface area (Å²) in [7, 11) is 6.76. The predicted octanol–water partition coefficient (Wildman–Crippen LogP) is 9.70. The molecular weight excluding hydrogens is 821 g/mol. The Morgan fingerprint density at radius 2 is 1.29 bits per heavy atom. The Morgan fingerprint density at radius 1 is 0.786 bits per heavy atom. The molecule has 2 aromatic rings. The van der Waals surface area contributed by atoms with Gasteiger partial charge in [0.25, 0.3) is 6.26 Å². The first kappa shape index (κ1) is 55.6. The summed E-state index contributed by atoms with van der Waals surface area (Å²) in [6.07, 6.45) is -6.64. The molecule has 0 aromatic heterocycles. The van der Waals surface area contributed by atoms with E-state index in [0.29, 0.717) is 31.6 Å². The van der Waals surface area contributed by atoms with Gasteiger partial charge in [-0.15, -0.1) is 5.26 Å². The second kappa shape index (κ2) is 32.5. The number of nitriles is 1. The molecule has 0 aliphatic carbocycles. The summed E-state index contributed by atoms with van der Waals surface area (Å²) in [5.74, 6) is 3.39. The van der Waals surface area contributed by atoms with Crippen molar-refractivity contribution in [3.63, 3.8) is 0 Å². The molecule has 0 fully saturated rings. The maximum absolute atomic E-state index is 12.6. The molecule has 1 amide bonds. The average Bonchev–Trinajstić information content (AvgIpc) is 3.12. The van der Waals surface area contributed by atoms with Gasteiger partial charge in [-0.2, -0.15) is 26.3 Å². The van der Waals surface area contributed by atoms with Crippen LogP contribution < -0.4 is 21.5 Å². The highest BCUT2D eigenvalue weighted by Crippen LogP contribution is 2.31. The fourth-order valence-corrected chi connectivity index (χ4v) is 7.51. The number of Topliss-reactive ketones (excluding diaryl/α,β-unsaturated/α-hetero) is 1. The van der Waals surface area contributed by atoms with Crippen LogP contribution in [0.5, 0.6) is 5.75 Å². The van der Waals surface area contributed by atoms with Crippen molar-refractivity contribution in [3.8, 4) is 12.0 Å². The van der Waals surface area contributed by atoms with Crippen molar-refractivity contribution < 1.29 is 45.4 Å². The molecule has 2 rings (SSSR count). The van der Waals surface area contributed by atoms with Crippen LogP contribution in [0.2, 0.25) is 0 Å². The van der Waals surface area contributed by atoms with Crippen molar-refractivity contribution >= 4 is 55.1 Å². The Morgan fingerprint density at radius 3 is 1.75 bits per heavy atom. The van der Waals surface area contributed by atoms with Gasteiger partial charge in [0, 0.05) is 55.5 Å². The highest BCUT2D eigenvalue weighted by atomic mass is 33.1. The van der Waals surface area contributed by atoms with E-state index in [1.807, 2.05) is 20.8 Å². The van der Waals surface area contributed by atoms with Gasteiger partial charge in [-0.1, -0.05) is 88.2 Å². The number of benzene rings is 2. The van der Waals surface area contributed by atoms with Crippen LogP contribution >= 0.6 is 43.2 Å². The largest absolute Gasteiger partial charge is 0.444 e. The number of alkyl carbamates (subject to hydrolysis) is 1. The van der Waals surface area contributed by atoms with Crippen LogP contribution in [-0.2, 0) is 28.3 Å². The Balaban J connectivity index is 0. The monoisotopic (exact) mass is 877 g/mol. The number of amides is 1. The van der Waals surface area contributed by atoms with Gasteiger partial charge in [0.1, 0.15) is 17.1 Å². The third-order valence-electron chi connectivity index (χ3n) is 6.43. The Hall–Kier alpha value is -2.47. The molecule has 0 heterocycles. The van der Waals surface area contributed by atoms with Gasteiger partial charge in [-0.25, -0.2) is 4.79 Å². The van der Waals surface area contributed by atoms with E-state index in [1.165, 1.54) is 44.1 Å². The molecule has 0 spiro atoms. The summed E-state index contributed by atoms with van der Waals surface area (Å²) >= 11 is 0. The molecule has 0 atom stereocenters. The van der Waals surface area contributed by atoms with Crippen molar-refractivity contribution in [1.29, 1.82) is 5.26 Å². The van der Waals surface area contributed by atoms with E-state index in [2.05, 4.69) is 35.7 Å². The van der Waals surface area contributed by atoms with E-state index in [4.69, 9.17) is 21.5 Å². The molecule has 9 nitrogen and oxygen atoms in total. The molecule has 0 radical (unpaired) electrons. The zero-order valence-electron chi connectivity index (χ0n) is 32.9. The molecule has 0 bridgehead atoms. The summed E-state index contributed by atoms with van der Waals surface area (Å²) in [6.45, 7) is 17.6. The highest BCUT2D eigenvalue weighted by Gasteiger charge is 2.31. The zero-order chi connectivity index (χ0) is 43.0. The van der Waals surface area contributed by atoms with Crippen LogP contribution in [0.15, 0.2) is 48.5 Å². The van der Waals surface area contributed by atoms with E-state index in [9.17, 15) is 35.9 Å². The van der Waals surface area contributed by atoms with Crippen LogP contribution in [0.25, 0.3) is 0 Å². The highest BCUT2D eigenvalue weighted by molar-refractivity contribution is 8.77. The Labute approximate surface area is 344 Å². The minimum atomic E-state index is -4.41. The molecule has 0 aliphatic heterocycles. The normalized spacial score (nSPS) is 11.1. The number of nitrogens with two attached hydrogens (primary N) is 2. The van der Waals surface area contributed by atoms with E-state index in [-0.39, 0.29) is 24.0 Å². The average molecular weight is 878 g/mol. The number of alkyl halides is 6. The lowest BCUT2D eigenvalue weighted by atomic mass is 10.0. The van der Waals surface area contributed by atoms with Gasteiger partial charge in [-0.3, -0.25) is 4.79 Å². The number of nitrogens with one attached hydrogen (secondary N) is 1. The maximum atomic E-state index is 12.6. The smallest absolute Gasteiger partial charge is 0.416 e. The van der Waals surface area contributed by atoms with Crippen LogP contribution in [-0.4, -0.2) is 84.7 Å². The molecule has 2 aromatic carbocycles. The number of halogens is 6. The molecule has 0 saturated heterocycles. The minimum absolute atomic E-state index is 0.0289. The minimum Gasteiger partial charge on any atom is -0.444 e. The van der Waals surface area contributed by atoms with Gasteiger partial charge in [0.15, 0.2) is 0 Å². The topological polar surface area (TPSA) is 144 Å². The van der Waals surface area contributed by atoms with E-state index in [1.54, 1.807) is 49.2 Å². The molecule has 0 unspecified atom stereocenters. The predicted molar refractivity (Wildman–Crippen MR) is 223 cm³/mol. The molecule has 56 heavy (non-hydrogen) atoms. The Kier molecular flexibility index (Phi) is 32.3. The third kappa shape index (κ3) is 32.6. The van der Waals surface area contributed by atoms with E-state index in [0.717, 1.165) is 53.7 Å².